The van der Waals surface area contributed by atoms with Gasteiger partial charge in [0.1, 0.15) is 5.92 Å². The van der Waals surface area contributed by atoms with E-state index in [4.69, 9.17) is 10.2 Å². The summed E-state index contributed by atoms with van der Waals surface area (Å²) in [4.78, 5) is 17.0. The zero-order chi connectivity index (χ0) is 23.0. The molecule has 3 rings (SSSR count). The second-order valence-corrected chi connectivity index (χ2v) is 7.25. The Labute approximate surface area is 172 Å². The molecule has 31 heavy (non-hydrogen) atoms. The third-order valence-corrected chi connectivity index (χ3v) is 4.98. The lowest BCUT2D eigenvalue weighted by Gasteiger charge is -2.24. The van der Waals surface area contributed by atoms with Crippen molar-refractivity contribution in [2.45, 2.75) is 57.4 Å². The van der Waals surface area contributed by atoms with Gasteiger partial charge in [-0.15, -0.1) is 10.2 Å². The summed E-state index contributed by atoms with van der Waals surface area (Å²) in [6.07, 6.45) is -9.01. The minimum atomic E-state index is -4.82. The van der Waals surface area contributed by atoms with Crippen LogP contribution in [0.3, 0.4) is 0 Å². The first-order valence-corrected chi connectivity index (χ1v) is 9.40. The molecular formula is C18H19F6N5O2. The van der Waals surface area contributed by atoms with E-state index in [1.54, 1.807) is 0 Å². The highest BCUT2D eigenvalue weighted by molar-refractivity contribution is 5.73. The molecule has 1 unspecified atom stereocenters. The molecule has 0 saturated heterocycles. The topological polar surface area (TPSA) is 98.1 Å². The van der Waals surface area contributed by atoms with E-state index in [-0.39, 0.29) is 25.1 Å². The van der Waals surface area contributed by atoms with Crippen molar-refractivity contribution in [2.75, 3.05) is 12.3 Å². The van der Waals surface area contributed by atoms with Crippen molar-refractivity contribution < 1.29 is 35.6 Å². The van der Waals surface area contributed by atoms with Crippen LogP contribution in [-0.4, -0.2) is 38.7 Å². The number of fused-ring (bicyclic) bond motifs is 5. The number of hydrogen-bond acceptors (Lipinski definition) is 6. The van der Waals surface area contributed by atoms with Crippen LogP contribution >= 0.6 is 0 Å². The fourth-order valence-electron chi connectivity index (χ4n) is 3.36. The van der Waals surface area contributed by atoms with Crippen molar-refractivity contribution in [3.63, 3.8) is 0 Å². The molecule has 0 aromatic carbocycles. The van der Waals surface area contributed by atoms with E-state index in [2.05, 4.69) is 15.2 Å². The number of carbonyl (C=O) groups excluding carboxylic acids is 1. The Morgan fingerprint density at radius 3 is 2.48 bits per heavy atom. The number of nitrogen functional groups attached to an aromatic ring is 1. The minimum absolute atomic E-state index is 0.0725. The summed E-state index contributed by atoms with van der Waals surface area (Å²) in [5, 5.41) is 6.98. The zero-order valence-electron chi connectivity index (χ0n) is 16.3. The van der Waals surface area contributed by atoms with Crippen molar-refractivity contribution in [1.82, 2.24) is 20.1 Å². The molecule has 1 atom stereocenters. The standard InChI is InChI=1S/C18H19F6N5O2/c1-9(30)29-6-4-2-3-5-10(17(19,20)21)15-27-28-16(31-15)14-12(25)7-11(18(22,23)24)13(8-29)26-14/h7,10H,2-6,8,25H2,1H3. The van der Waals surface area contributed by atoms with Gasteiger partial charge in [0.15, 0.2) is 5.69 Å². The summed E-state index contributed by atoms with van der Waals surface area (Å²) in [5.74, 6) is -3.75. The number of alkyl halides is 6. The molecule has 2 aromatic rings. The quantitative estimate of drug-likeness (QED) is 0.600. The predicted octanol–water partition coefficient (Wildman–Crippen LogP) is 4.30. The van der Waals surface area contributed by atoms with Crippen LogP contribution in [-0.2, 0) is 17.5 Å². The lowest BCUT2D eigenvalue weighted by Crippen LogP contribution is -2.31. The predicted molar refractivity (Wildman–Crippen MR) is 95.3 cm³/mol. The number of pyridine rings is 1. The van der Waals surface area contributed by atoms with Gasteiger partial charge in [-0.05, 0) is 18.9 Å². The molecular weight excluding hydrogens is 432 g/mol. The maximum atomic E-state index is 13.5. The van der Waals surface area contributed by atoms with Gasteiger partial charge in [0.05, 0.1) is 23.5 Å². The van der Waals surface area contributed by atoms with Crippen LogP contribution < -0.4 is 5.73 Å². The van der Waals surface area contributed by atoms with Gasteiger partial charge in [-0.2, -0.15) is 26.3 Å². The Hall–Kier alpha value is -2.86. The number of anilines is 1. The molecule has 4 bridgehead atoms. The number of carbonyl (C=O) groups is 1. The van der Waals surface area contributed by atoms with Crippen molar-refractivity contribution >= 4 is 11.6 Å². The molecule has 0 fully saturated rings. The maximum Gasteiger partial charge on any atom is 0.418 e. The van der Waals surface area contributed by atoms with Crippen molar-refractivity contribution in [3.8, 4) is 11.6 Å². The summed E-state index contributed by atoms with van der Waals surface area (Å²) in [6.45, 7) is 0.811. The summed E-state index contributed by atoms with van der Waals surface area (Å²) in [7, 11) is 0. The van der Waals surface area contributed by atoms with E-state index in [0.29, 0.717) is 18.9 Å². The highest BCUT2D eigenvalue weighted by Crippen LogP contribution is 2.40. The minimum Gasteiger partial charge on any atom is -0.419 e. The number of nitrogens with two attached hydrogens (primary N) is 1. The summed E-state index contributed by atoms with van der Waals surface area (Å²) in [6, 6.07) is 0.604. The Balaban J connectivity index is 2.16. The molecule has 0 saturated carbocycles. The number of rotatable bonds is 0. The lowest BCUT2D eigenvalue weighted by molar-refractivity contribution is -0.156. The Morgan fingerprint density at radius 1 is 1.16 bits per heavy atom. The van der Waals surface area contributed by atoms with Gasteiger partial charge in [-0.25, -0.2) is 4.98 Å². The normalized spacial score (nSPS) is 18.5. The Kier molecular flexibility index (Phi) is 6.14. The number of amides is 1. The molecule has 7 nitrogen and oxygen atoms in total. The molecule has 2 N–H and O–H groups in total. The van der Waals surface area contributed by atoms with E-state index in [1.807, 2.05) is 0 Å². The van der Waals surface area contributed by atoms with Crippen molar-refractivity contribution in [2.24, 2.45) is 0 Å². The first kappa shape index (κ1) is 22.8. The fourth-order valence-corrected chi connectivity index (χ4v) is 3.36. The highest BCUT2D eigenvalue weighted by Gasteiger charge is 2.44. The number of nitrogens with zero attached hydrogens (tertiary/aromatic N) is 4. The van der Waals surface area contributed by atoms with Crippen LogP contribution in [0.2, 0.25) is 0 Å². The van der Waals surface area contributed by atoms with Crippen LogP contribution in [0.25, 0.3) is 11.6 Å². The molecule has 0 radical (unpaired) electrons. The first-order valence-electron chi connectivity index (χ1n) is 9.40. The second-order valence-electron chi connectivity index (χ2n) is 7.25. The molecule has 170 valence electrons. The maximum absolute atomic E-state index is 13.5. The molecule has 0 spiro atoms. The molecule has 1 aliphatic heterocycles. The summed E-state index contributed by atoms with van der Waals surface area (Å²) >= 11 is 0. The van der Waals surface area contributed by atoms with E-state index < -0.39 is 59.4 Å². The molecule has 13 heteroatoms. The van der Waals surface area contributed by atoms with Crippen LogP contribution in [0.5, 0.6) is 0 Å². The Bertz CT molecular complexity index is 956. The van der Waals surface area contributed by atoms with E-state index in [9.17, 15) is 31.1 Å². The van der Waals surface area contributed by atoms with Crippen molar-refractivity contribution in [3.05, 3.63) is 23.2 Å². The third kappa shape index (κ3) is 5.07. The van der Waals surface area contributed by atoms with Gasteiger partial charge >= 0.3 is 12.4 Å². The van der Waals surface area contributed by atoms with Gasteiger partial charge in [-0.1, -0.05) is 12.8 Å². The SMILES string of the molecule is CC(=O)N1CCCCCC(C(F)(F)F)c2nnc(o2)-c2nc(c(C(F)(F)F)cc2N)C1. The van der Waals surface area contributed by atoms with Gasteiger partial charge in [-0.3, -0.25) is 4.79 Å². The monoisotopic (exact) mass is 451 g/mol. The average Bonchev–Trinajstić information content (AvgIpc) is 3.10. The van der Waals surface area contributed by atoms with Crippen LogP contribution in [0, 0.1) is 0 Å². The van der Waals surface area contributed by atoms with Gasteiger partial charge in [0.25, 0.3) is 5.89 Å². The zero-order valence-corrected chi connectivity index (χ0v) is 16.3. The van der Waals surface area contributed by atoms with Crippen LogP contribution in [0.4, 0.5) is 32.0 Å². The molecule has 2 aromatic heterocycles. The lowest BCUT2D eigenvalue weighted by atomic mass is 10.0. The average molecular weight is 451 g/mol. The Morgan fingerprint density at radius 2 is 1.87 bits per heavy atom. The van der Waals surface area contributed by atoms with Crippen LogP contribution in [0.1, 0.15) is 55.7 Å². The second kappa shape index (κ2) is 8.35. The molecule has 1 aliphatic rings. The van der Waals surface area contributed by atoms with E-state index in [0.717, 1.165) is 4.90 Å². The van der Waals surface area contributed by atoms with Gasteiger partial charge < -0.3 is 15.1 Å². The largest absolute Gasteiger partial charge is 0.419 e. The van der Waals surface area contributed by atoms with Crippen LogP contribution in [0.15, 0.2) is 10.5 Å². The molecule has 0 aliphatic carbocycles. The number of halogens is 6. The molecule has 3 heterocycles. The first-order chi connectivity index (χ1) is 14.4. The van der Waals surface area contributed by atoms with E-state index >= 15 is 0 Å². The summed E-state index contributed by atoms with van der Waals surface area (Å²) in [5.41, 5.74) is 3.16. The van der Waals surface area contributed by atoms with E-state index in [1.165, 1.54) is 6.92 Å². The highest BCUT2D eigenvalue weighted by atomic mass is 19.4. The van der Waals surface area contributed by atoms with Gasteiger partial charge in [0.2, 0.25) is 11.8 Å². The number of aromatic nitrogens is 3. The van der Waals surface area contributed by atoms with Crippen molar-refractivity contribution in [1.29, 1.82) is 0 Å². The summed E-state index contributed by atoms with van der Waals surface area (Å²) < 4.78 is 86.2. The van der Waals surface area contributed by atoms with Gasteiger partial charge in [0, 0.05) is 13.5 Å². The molecule has 1 amide bonds. The smallest absolute Gasteiger partial charge is 0.418 e. The fraction of sp³-hybridized carbons (Fsp3) is 0.556. The third-order valence-electron chi connectivity index (χ3n) is 4.98. The number of hydrogen-bond donors (Lipinski definition) is 1.